The third-order valence-corrected chi connectivity index (χ3v) is 3.73. The van der Waals surface area contributed by atoms with Crippen LogP contribution in [0.3, 0.4) is 0 Å². The summed E-state index contributed by atoms with van der Waals surface area (Å²) in [5, 5.41) is 11.9. The summed E-state index contributed by atoms with van der Waals surface area (Å²) < 4.78 is 0. The van der Waals surface area contributed by atoms with E-state index in [-0.39, 0.29) is 0 Å². The molecule has 1 heterocycles. The van der Waals surface area contributed by atoms with Crippen molar-refractivity contribution in [1.82, 2.24) is 10.5 Å². The third-order valence-electron chi connectivity index (χ3n) is 3.73. The van der Waals surface area contributed by atoms with Crippen LogP contribution in [0.1, 0.15) is 16.7 Å². The number of fused-ring (bicyclic) bond motifs is 1. The molecule has 3 N–H and O–H groups in total. The first-order chi connectivity index (χ1) is 10.7. The maximum absolute atomic E-state index is 10.9. The first kappa shape index (κ1) is 14.3. The SMILES string of the molecule is O=C(/C=C/c1ccc(NC2Cc3ccccc3C2)nc1)NO. The van der Waals surface area contributed by atoms with Crippen molar-refractivity contribution in [1.29, 1.82) is 0 Å². The number of nitrogens with one attached hydrogen (secondary N) is 2. The molecule has 0 bridgehead atoms. The molecule has 0 saturated heterocycles. The van der Waals surface area contributed by atoms with Gasteiger partial charge in [0.2, 0.25) is 0 Å². The highest BCUT2D eigenvalue weighted by Gasteiger charge is 2.20. The molecular weight excluding hydrogens is 278 g/mol. The molecule has 0 aliphatic heterocycles. The molecule has 0 atom stereocenters. The van der Waals surface area contributed by atoms with E-state index in [0.29, 0.717) is 6.04 Å². The van der Waals surface area contributed by atoms with E-state index in [1.54, 1.807) is 17.8 Å². The Morgan fingerprint density at radius 2 is 1.91 bits per heavy atom. The lowest BCUT2D eigenvalue weighted by molar-refractivity contribution is -0.124. The molecule has 1 amide bonds. The summed E-state index contributed by atoms with van der Waals surface area (Å²) in [5.41, 5.74) is 5.14. The Bertz CT molecular complexity index is 670. The zero-order chi connectivity index (χ0) is 15.4. The molecule has 3 rings (SSSR count). The summed E-state index contributed by atoms with van der Waals surface area (Å²) in [6.45, 7) is 0. The van der Waals surface area contributed by atoms with Crippen LogP contribution in [0, 0.1) is 0 Å². The number of pyridine rings is 1. The number of benzene rings is 1. The summed E-state index contributed by atoms with van der Waals surface area (Å²) >= 11 is 0. The van der Waals surface area contributed by atoms with Gasteiger partial charge in [-0.15, -0.1) is 0 Å². The average Bonchev–Trinajstić information content (AvgIpc) is 2.96. The molecule has 1 aromatic carbocycles. The minimum absolute atomic E-state index is 0.367. The summed E-state index contributed by atoms with van der Waals surface area (Å²) in [5.74, 6) is 0.257. The summed E-state index contributed by atoms with van der Waals surface area (Å²) in [4.78, 5) is 15.3. The standard InChI is InChI=1S/C17H17N3O2/c21-17(20-22)8-6-12-5-7-16(18-11-12)19-15-9-13-3-1-2-4-14(13)10-15/h1-8,11,15,22H,9-10H2,(H,18,19)(H,20,21)/b8-6+. The third kappa shape index (κ3) is 3.32. The molecule has 1 aliphatic rings. The van der Waals surface area contributed by atoms with Crippen molar-refractivity contribution >= 4 is 17.8 Å². The number of aromatic nitrogens is 1. The van der Waals surface area contributed by atoms with Crippen LogP contribution in [0.4, 0.5) is 5.82 Å². The first-order valence-corrected chi connectivity index (χ1v) is 7.16. The number of carbonyl (C=O) groups is 1. The van der Waals surface area contributed by atoms with Crippen molar-refractivity contribution in [2.24, 2.45) is 0 Å². The van der Waals surface area contributed by atoms with Gasteiger partial charge in [-0.05, 0) is 47.7 Å². The van der Waals surface area contributed by atoms with Crippen LogP contribution in [0.15, 0.2) is 48.7 Å². The molecule has 1 aromatic heterocycles. The van der Waals surface area contributed by atoms with Gasteiger partial charge < -0.3 is 5.32 Å². The van der Waals surface area contributed by atoms with Crippen molar-refractivity contribution in [3.8, 4) is 0 Å². The van der Waals surface area contributed by atoms with Gasteiger partial charge in [-0.25, -0.2) is 10.5 Å². The lowest BCUT2D eigenvalue weighted by Gasteiger charge is -2.12. The Kier molecular flexibility index (Phi) is 4.16. The van der Waals surface area contributed by atoms with E-state index in [4.69, 9.17) is 5.21 Å². The summed E-state index contributed by atoms with van der Waals surface area (Å²) in [6, 6.07) is 12.6. The van der Waals surface area contributed by atoms with Crippen LogP contribution in [0.2, 0.25) is 0 Å². The molecular formula is C17H17N3O2. The van der Waals surface area contributed by atoms with Gasteiger partial charge in [0.25, 0.3) is 5.91 Å². The molecule has 0 fully saturated rings. The quantitative estimate of drug-likeness (QED) is 0.459. The normalized spacial score (nSPS) is 14.0. The van der Waals surface area contributed by atoms with E-state index in [0.717, 1.165) is 24.2 Å². The fourth-order valence-electron chi connectivity index (χ4n) is 2.67. The van der Waals surface area contributed by atoms with Crippen LogP contribution in [-0.2, 0) is 17.6 Å². The molecule has 0 spiro atoms. The molecule has 0 unspecified atom stereocenters. The average molecular weight is 295 g/mol. The number of anilines is 1. The van der Waals surface area contributed by atoms with Gasteiger partial charge in [0.05, 0.1) is 0 Å². The summed E-state index contributed by atoms with van der Waals surface area (Å²) in [6.07, 6.45) is 6.55. The number of hydrogen-bond donors (Lipinski definition) is 3. The molecule has 5 heteroatoms. The number of amides is 1. The van der Waals surface area contributed by atoms with Gasteiger partial charge >= 0.3 is 0 Å². The fourth-order valence-corrected chi connectivity index (χ4v) is 2.67. The number of carbonyl (C=O) groups excluding carboxylic acids is 1. The van der Waals surface area contributed by atoms with Crippen LogP contribution in [0.5, 0.6) is 0 Å². The molecule has 0 saturated carbocycles. The highest BCUT2D eigenvalue weighted by Crippen LogP contribution is 2.23. The molecule has 22 heavy (non-hydrogen) atoms. The molecule has 112 valence electrons. The monoisotopic (exact) mass is 295 g/mol. The second-order valence-electron chi connectivity index (χ2n) is 5.30. The zero-order valence-electron chi connectivity index (χ0n) is 12.0. The van der Waals surface area contributed by atoms with Crippen LogP contribution >= 0.6 is 0 Å². The summed E-state index contributed by atoms with van der Waals surface area (Å²) in [7, 11) is 0. The van der Waals surface area contributed by atoms with Crippen molar-refractivity contribution < 1.29 is 10.0 Å². The second kappa shape index (κ2) is 6.41. The van der Waals surface area contributed by atoms with Crippen LogP contribution in [0.25, 0.3) is 6.08 Å². The fraction of sp³-hybridized carbons (Fsp3) is 0.176. The molecule has 1 aliphatic carbocycles. The largest absolute Gasteiger partial charge is 0.367 e. The van der Waals surface area contributed by atoms with Gasteiger partial charge in [-0.2, -0.15) is 0 Å². The Balaban J connectivity index is 1.61. The molecule has 0 radical (unpaired) electrons. The van der Waals surface area contributed by atoms with Gasteiger partial charge in [-0.3, -0.25) is 10.0 Å². The topological polar surface area (TPSA) is 74.2 Å². The second-order valence-corrected chi connectivity index (χ2v) is 5.30. The Labute approximate surface area is 128 Å². The van der Waals surface area contributed by atoms with E-state index < -0.39 is 5.91 Å². The molecule has 5 nitrogen and oxygen atoms in total. The predicted octanol–water partition coefficient (Wildman–Crippen LogP) is 2.18. The first-order valence-electron chi connectivity index (χ1n) is 7.16. The van der Waals surface area contributed by atoms with E-state index in [2.05, 4.69) is 34.6 Å². The lowest BCUT2D eigenvalue weighted by Crippen LogP contribution is -2.20. The van der Waals surface area contributed by atoms with Crippen molar-refractivity contribution in [3.63, 3.8) is 0 Å². The maximum atomic E-state index is 10.9. The van der Waals surface area contributed by atoms with E-state index in [1.165, 1.54) is 17.2 Å². The maximum Gasteiger partial charge on any atom is 0.267 e. The van der Waals surface area contributed by atoms with Gasteiger partial charge in [-0.1, -0.05) is 24.3 Å². The Morgan fingerprint density at radius 1 is 1.18 bits per heavy atom. The predicted molar refractivity (Wildman–Crippen MR) is 84.5 cm³/mol. The number of nitrogens with zero attached hydrogens (tertiary/aromatic N) is 1. The van der Waals surface area contributed by atoms with E-state index >= 15 is 0 Å². The van der Waals surface area contributed by atoms with Crippen molar-refractivity contribution in [2.75, 3.05) is 5.32 Å². The van der Waals surface area contributed by atoms with Gasteiger partial charge in [0.15, 0.2) is 0 Å². The lowest BCUT2D eigenvalue weighted by atomic mass is 10.1. The smallest absolute Gasteiger partial charge is 0.267 e. The van der Waals surface area contributed by atoms with Crippen LogP contribution < -0.4 is 10.8 Å². The Hall–Kier alpha value is -2.66. The molecule has 2 aromatic rings. The minimum Gasteiger partial charge on any atom is -0.367 e. The Morgan fingerprint density at radius 3 is 2.50 bits per heavy atom. The van der Waals surface area contributed by atoms with Crippen molar-refractivity contribution in [3.05, 3.63) is 65.4 Å². The number of rotatable bonds is 4. The van der Waals surface area contributed by atoms with E-state index in [9.17, 15) is 4.79 Å². The number of hydroxylamine groups is 1. The van der Waals surface area contributed by atoms with Crippen molar-refractivity contribution in [2.45, 2.75) is 18.9 Å². The van der Waals surface area contributed by atoms with E-state index in [1.807, 2.05) is 12.1 Å². The minimum atomic E-state index is -0.564. The van der Waals surface area contributed by atoms with Gasteiger partial charge in [0.1, 0.15) is 5.82 Å². The highest BCUT2D eigenvalue weighted by molar-refractivity contribution is 5.90. The van der Waals surface area contributed by atoms with Crippen LogP contribution in [-0.4, -0.2) is 22.1 Å². The number of hydrogen-bond acceptors (Lipinski definition) is 4. The highest BCUT2D eigenvalue weighted by atomic mass is 16.5. The van der Waals surface area contributed by atoms with Gasteiger partial charge in [0, 0.05) is 18.3 Å². The zero-order valence-corrected chi connectivity index (χ0v) is 12.0.